The van der Waals surface area contributed by atoms with Gasteiger partial charge in [-0.2, -0.15) is 0 Å². The van der Waals surface area contributed by atoms with Gasteiger partial charge in [-0.15, -0.1) is 0 Å². The number of rotatable bonds is 9. The van der Waals surface area contributed by atoms with Crippen LogP contribution in [0.1, 0.15) is 86.3 Å². The van der Waals surface area contributed by atoms with Crippen LogP contribution < -0.4 is 9.64 Å². The van der Waals surface area contributed by atoms with E-state index in [0.717, 1.165) is 31.7 Å². The largest absolute Gasteiger partial charge is 0.487 e. The second kappa shape index (κ2) is 11.7. The Morgan fingerprint density at radius 1 is 1.00 bits per heavy atom. The molecule has 40 heavy (non-hydrogen) atoms. The lowest BCUT2D eigenvalue weighted by Crippen LogP contribution is -2.33. The standard InChI is InChI=1S/C35H43NO4/c1-23(2)32-29(17-16-28-18-27(37)19-31(38)39-28)34-30(20-35(4,5)40-34)24(3)33(32)36(21-25-12-8-6-9-13-25)22-26-14-10-7-11-15-26/h6-15,23,27-28,37H,16-22H2,1-5H3/t27-,28-/m0/s1. The Kier molecular flexibility index (Phi) is 8.23. The zero-order chi connectivity index (χ0) is 28.4. The summed E-state index contributed by atoms with van der Waals surface area (Å²) in [6.07, 6.45) is 1.92. The predicted molar refractivity (Wildman–Crippen MR) is 160 cm³/mol. The minimum atomic E-state index is -0.627. The van der Waals surface area contributed by atoms with E-state index in [0.29, 0.717) is 12.8 Å². The van der Waals surface area contributed by atoms with Crippen LogP contribution in [-0.4, -0.2) is 28.9 Å². The fourth-order valence-corrected chi connectivity index (χ4v) is 6.48. The van der Waals surface area contributed by atoms with Crippen LogP contribution in [0.2, 0.25) is 0 Å². The fraction of sp³-hybridized carbons (Fsp3) is 0.457. The van der Waals surface area contributed by atoms with E-state index in [1.165, 1.54) is 39.1 Å². The normalized spacial score (nSPS) is 19.7. The quantitative estimate of drug-likeness (QED) is 0.295. The Morgan fingerprint density at radius 2 is 1.60 bits per heavy atom. The summed E-state index contributed by atoms with van der Waals surface area (Å²) in [5.41, 5.74) is 8.65. The van der Waals surface area contributed by atoms with Crippen molar-refractivity contribution in [2.75, 3.05) is 4.90 Å². The monoisotopic (exact) mass is 541 g/mol. The Balaban J connectivity index is 1.62. The molecule has 3 aromatic carbocycles. The maximum absolute atomic E-state index is 12.1. The lowest BCUT2D eigenvalue weighted by Gasteiger charge is -2.34. The van der Waals surface area contributed by atoms with Crippen molar-refractivity contribution in [3.63, 3.8) is 0 Å². The minimum absolute atomic E-state index is 0.0864. The number of benzene rings is 3. The van der Waals surface area contributed by atoms with E-state index in [1.807, 2.05) is 0 Å². The van der Waals surface area contributed by atoms with Crippen LogP contribution in [0, 0.1) is 6.92 Å². The van der Waals surface area contributed by atoms with Crippen LogP contribution >= 0.6 is 0 Å². The van der Waals surface area contributed by atoms with Crippen molar-refractivity contribution >= 4 is 11.7 Å². The number of carbonyl (C=O) groups is 1. The van der Waals surface area contributed by atoms with E-state index >= 15 is 0 Å². The first kappa shape index (κ1) is 28.2. The minimum Gasteiger partial charge on any atom is -0.487 e. The first-order valence-corrected chi connectivity index (χ1v) is 14.7. The number of hydrogen-bond acceptors (Lipinski definition) is 5. The summed E-state index contributed by atoms with van der Waals surface area (Å²) >= 11 is 0. The molecule has 0 aliphatic carbocycles. The third-order valence-corrected chi connectivity index (χ3v) is 8.19. The van der Waals surface area contributed by atoms with E-state index in [2.05, 4.69) is 100 Å². The van der Waals surface area contributed by atoms with Crippen LogP contribution in [0.25, 0.3) is 0 Å². The van der Waals surface area contributed by atoms with Crippen molar-refractivity contribution in [2.45, 2.75) is 104 Å². The van der Waals surface area contributed by atoms with E-state index in [4.69, 9.17) is 9.47 Å². The second-order valence-electron chi connectivity index (χ2n) is 12.4. The Hall–Kier alpha value is -3.31. The topological polar surface area (TPSA) is 59.0 Å². The van der Waals surface area contributed by atoms with Gasteiger partial charge in [0.2, 0.25) is 0 Å². The van der Waals surface area contributed by atoms with Crippen molar-refractivity contribution in [1.29, 1.82) is 0 Å². The summed E-state index contributed by atoms with van der Waals surface area (Å²) in [4.78, 5) is 14.6. The lowest BCUT2D eigenvalue weighted by molar-refractivity contribution is -0.160. The van der Waals surface area contributed by atoms with Gasteiger partial charge in [-0.3, -0.25) is 4.79 Å². The molecule has 212 valence electrons. The molecule has 2 aliphatic rings. The molecule has 1 fully saturated rings. The second-order valence-corrected chi connectivity index (χ2v) is 12.4. The summed E-state index contributed by atoms with van der Waals surface area (Å²) < 4.78 is 12.3. The Labute approximate surface area is 239 Å². The van der Waals surface area contributed by atoms with Gasteiger partial charge in [-0.05, 0) is 61.8 Å². The average molecular weight is 542 g/mol. The predicted octanol–water partition coefficient (Wildman–Crippen LogP) is 7.04. The van der Waals surface area contributed by atoms with Crippen molar-refractivity contribution in [3.05, 3.63) is 94.0 Å². The van der Waals surface area contributed by atoms with E-state index in [9.17, 15) is 9.90 Å². The number of ether oxygens (including phenoxy) is 2. The maximum atomic E-state index is 12.1. The summed E-state index contributed by atoms with van der Waals surface area (Å²) in [5.74, 6) is 0.962. The third kappa shape index (κ3) is 6.20. The molecule has 0 bridgehead atoms. The molecule has 5 nitrogen and oxygen atoms in total. The Morgan fingerprint density at radius 3 is 2.15 bits per heavy atom. The van der Waals surface area contributed by atoms with Crippen LogP contribution in [0.5, 0.6) is 5.75 Å². The van der Waals surface area contributed by atoms with Crippen LogP contribution in [0.4, 0.5) is 5.69 Å². The highest BCUT2D eigenvalue weighted by Crippen LogP contribution is 2.49. The lowest BCUT2D eigenvalue weighted by atomic mass is 9.84. The fourth-order valence-electron chi connectivity index (χ4n) is 6.48. The van der Waals surface area contributed by atoms with Crippen molar-refractivity contribution in [2.24, 2.45) is 0 Å². The number of nitrogens with zero attached hydrogens (tertiary/aromatic N) is 1. The maximum Gasteiger partial charge on any atom is 0.308 e. The highest BCUT2D eigenvalue weighted by atomic mass is 16.5. The molecule has 3 aromatic rings. The first-order valence-electron chi connectivity index (χ1n) is 14.7. The molecule has 5 rings (SSSR count). The molecule has 0 spiro atoms. The van der Waals surface area contributed by atoms with Crippen molar-refractivity contribution < 1.29 is 19.4 Å². The number of esters is 1. The summed E-state index contributed by atoms with van der Waals surface area (Å²) in [7, 11) is 0. The van der Waals surface area contributed by atoms with Gasteiger partial charge in [-0.1, -0.05) is 74.5 Å². The number of hydrogen-bond donors (Lipinski definition) is 1. The molecular formula is C35H43NO4. The number of cyclic esters (lactones) is 1. The van der Waals surface area contributed by atoms with E-state index in [-0.39, 0.29) is 30.0 Å². The number of fused-ring (bicyclic) bond motifs is 1. The van der Waals surface area contributed by atoms with E-state index < -0.39 is 6.10 Å². The summed E-state index contributed by atoms with van der Waals surface area (Å²) in [6.45, 7) is 12.7. The number of aliphatic hydroxyl groups excluding tert-OH is 1. The first-order chi connectivity index (χ1) is 19.1. The van der Waals surface area contributed by atoms with Crippen molar-refractivity contribution in [3.8, 4) is 5.75 Å². The molecule has 0 aromatic heterocycles. The molecule has 1 saturated heterocycles. The van der Waals surface area contributed by atoms with Gasteiger partial charge in [0, 0.05) is 42.7 Å². The van der Waals surface area contributed by atoms with Gasteiger partial charge in [0.15, 0.2) is 0 Å². The summed E-state index contributed by atoms with van der Waals surface area (Å²) in [6, 6.07) is 21.4. The van der Waals surface area contributed by atoms with Gasteiger partial charge < -0.3 is 19.5 Å². The molecule has 2 atom stereocenters. The summed E-state index contributed by atoms with van der Waals surface area (Å²) in [5, 5.41) is 10.2. The molecular weight excluding hydrogens is 498 g/mol. The van der Waals surface area contributed by atoms with Gasteiger partial charge in [-0.25, -0.2) is 0 Å². The van der Waals surface area contributed by atoms with Gasteiger partial charge >= 0.3 is 5.97 Å². The Bertz CT molecular complexity index is 1290. The zero-order valence-electron chi connectivity index (χ0n) is 24.6. The molecule has 2 aliphatic heterocycles. The van der Waals surface area contributed by atoms with Gasteiger partial charge in [0.1, 0.15) is 17.5 Å². The highest BCUT2D eigenvalue weighted by Gasteiger charge is 2.38. The molecule has 2 heterocycles. The van der Waals surface area contributed by atoms with Gasteiger partial charge in [0.25, 0.3) is 0 Å². The molecule has 1 N–H and O–H groups in total. The van der Waals surface area contributed by atoms with Gasteiger partial charge in [0.05, 0.1) is 12.5 Å². The zero-order valence-corrected chi connectivity index (χ0v) is 24.6. The van der Waals surface area contributed by atoms with Crippen LogP contribution in [0.3, 0.4) is 0 Å². The average Bonchev–Trinajstić information content (AvgIpc) is 3.23. The van der Waals surface area contributed by atoms with Crippen molar-refractivity contribution in [1.82, 2.24) is 0 Å². The number of anilines is 1. The molecule has 0 radical (unpaired) electrons. The molecule has 5 heteroatoms. The van der Waals surface area contributed by atoms with E-state index in [1.54, 1.807) is 0 Å². The third-order valence-electron chi connectivity index (χ3n) is 8.19. The van der Waals surface area contributed by atoms with Crippen LogP contribution in [0.15, 0.2) is 60.7 Å². The van der Waals surface area contributed by atoms with Crippen LogP contribution in [-0.2, 0) is 35.5 Å². The molecule has 0 amide bonds. The SMILES string of the molecule is Cc1c2c(c(CC[C@H]3C[C@H](O)CC(=O)O3)c(C(C)C)c1N(Cc1ccccc1)Cc1ccccc1)OC(C)(C)C2. The molecule has 0 unspecified atom stereocenters. The highest BCUT2D eigenvalue weighted by molar-refractivity contribution is 5.72. The number of carbonyl (C=O) groups excluding carboxylic acids is 1. The molecule has 0 saturated carbocycles. The number of aliphatic hydroxyl groups is 1. The smallest absolute Gasteiger partial charge is 0.308 e.